The van der Waals surface area contributed by atoms with Crippen LogP contribution in [0.1, 0.15) is 11.6 Å². The normalized spacial score (nSPS) is 11.8. The van der Waals surface area contributed by atoms with Crippen LogP contribution in [0.15, 0.2) is 57.9 Å². The highest BCUT2D eigenvalue weighted by molar-refractivity contribution is 6.33. The fourth-order valence-corrected chi connectivity index (χ4v) is 3.68. The number of rotatable bonds is 4. The maximum absolute atomic E-state index is 14.7. The highest BCUT2D eigenvalue weighted by atomic mass is 35.5. The Labute approximate surface area is 192 Å². The van der Waals surface area contributed by atoms with Crippen molar-refractivity contribution in [1.29, 1.82) is 0 Å². The molecular formula is C21H11ClF4N6O2. The van der Waals surface area contributed by atoms with Crippen LogP contribution in [0, 0.1) is 12.7 Å². The van der Waals surface area contributed by atoms with E-state index in [9.17, 15) is 17.6 Å². The van der Waals surface area contributed by atoms with Crippen LogP contribution in [0.2, 0.25) is 5.02 Å². The molecule has 0 fully saturated rings. The van der Waals surface area contributed by atoms with Gasteiger partial charge in [-0.15, -0.1) is 10.2 Å². The van der Waals surface area contributed by atoms with E-state index >= 15 is 0 Å². The molecule has 34 heavy (non-hydrogen) atoms. The van der Waals surface area contributed by atoms with Crippen LogP contribution in [0.5, 0.6) is 0 Å². The summed E-state index contributed by atoms with van der Waals surface area (Å²) in [6.45, 7) is 1.49. The summed E-state index contributed by atoms with van der Waals surface area (Å²) in [6.07, 6.45) is -1.28. The number of pyridine rings is 1. The lowest BCUT2D eigenvalue weighted by molar-refractivity contribution is -0.142. The van der Waals surface area contributed by atoms with Crippen LogP contribution in [-0.4, -0.2) is 30.1 Å². The second-order valence-electron chi connectivity index (χ2n) is 6.99. The summed E-state index contributed by atoms with van der Waals surface area (Å²) >= 11 is 6.18. The van der Waals surface area contributed by atoms with Gasteiger partial charge in [-0.2, -0.15) is 18.3 Å². The second-order valence-corrected chi connectivity index (χ2v) is 7.39. The molecule has 0 aliphatic heterocycles. The highest BCUT2D eigenvalue weighted by Crippen LogP contribution is 2.46. The van der Waals surface area contributed by atoms with E-state index in [1.54, 1.807) is 0 Å². The number of aryl methyl sites for hydroxylation is 1. The first-order chi connectivity index (χ1) is 16.3. The second kappa shape index (κ2) is 8.06. The van der Waals surface area contributed by atoms with Gasteiger partial charge in [-0.05, 0) is 24.3 Å². The first kappa shape index (κ1) is 21.8. The van der Waals surface area contributed by atoms with Crippen molar-refractivity contribution in [2.45, 2.75) is 13.1 Å². The molecule has 0 unspecified atom stereocenters. The van der Waals surface area contributed by atoms with Crippen molar-refractivity contribution < 1.29 is 26.5 Å². The average Bonchev–Trinajstić information content (AvgIpc) is 3.51. The minimum absolute atomic E-state index is 0.0422. The monoisotopic (exact) mass is 490 g/mol. The lowest BCUT2D eigenvalue weighted by atomic mass is 10.0. The quantitative estimate of drug-likeness (QED) is 0.295. The van der Waals surface area contributed by atoms with Crippen LogP contribution >= 0.6 is 11.6 Å². The average molecular weight is 491 g/mol. The SMILES string of the molecule is Cc1nnc(-c2c(-c3c(F)cccc3Cl)noc2-c2cnn(-c3cccnc3)c2C(F)(F)F)o1. The number of hydrogen-bond donors (Lipinski definition) is 0. The predicted molar refractivity (Wildman–Crippen MR) is 110 cm³/mol. The minimum atomic E-state index is -4.87. The van der Waals surface area contributed by atoms with Crippen molar-refractivity contribution in [3.63, 3.8) is 0 Å². The van der Waals surface area contributed by atoms with Gasteiger partial charge >= 0.3 is 6.18 Å². The zero-order chi connectivity index (χ0) is 24.0. The maximum Gasteiger partial charge on any atom is 0.434 e. The summed E-state index contributed by atoms with van der Waals surface area (Å²) in [5, 5.41) is 15.3. The van der Waals surface area contributed by atoms with Crippen LogP contribution in [0.4, 0.5) is 17.6 Å². The summed E-state index contributed by atoms with van der Waals surface area (Å²) in [5.74, 6) is -1.28. The largest absolute Gasteiger partial charge is 0.434 e. The van der Waals surface area contributed by atoms with Crippen molar-refractivity contribution in [3.05, 3.63) is 71.3 Å². The van der Waals surface area contributed by atoms with Gasteiger partial charge in [-0.3, -0.25) is 4.98 Å². The molecule has 4 aromatic heterocycles. The molecule has 5 aromatic rings. The molecule has 5 rings (SSSR count). The highest BCUT2D eigenvalue weighted by Gasteiger charge is 2.42. The van der Waals surface area contributed by atoms with Gasteiger partial charge in [-0.25, -0.2) is 9.07 Å². The maximum atomic E-state index is 14.7. The summed E-state index contributed by atoms with van der Waals surface area (Å²) < 4.78 is 68.8. The molecular weight excluding hydrogens is 480 g/mol. The summed E-state index contributed by atoms with van der Waals surface area (Å²) in [7, 11) is 0. The van der Waals surface area contributed by atoms with E-state index in [-0.39, 0.29) is 39.3 Å². The standard InChI is InChI=1S/C21H11ClF4N6O2/c1-10-29-30-20(33-10)16-17(15-13(22)5-2-6-14(15)23)31-34-18(16)12-9-28-32(19(12)21(24,25)26)11-4-3-7-27-8-11/h2-9H,1H3. The Morgan fingerprint density at radius 3 is 2.50 bits per heavy atom. The van der Waals surface area contributed by atoms with E-state index in [0.717, 1.165) is 12.3 Å². The third-order valence-corrected chi connectivity index (χ3v) is 5.12. The molecule has 13 heteroatoms. The van der Waals surface area contributed by atoms with Crippen LogP contribution < -0.4 is 0 Å². The van der Waals surface area contributed by atoms with E-state index in [1.807, 2.05) is 0 Å². The molecule has 0 N–H and O–H groups in total. The van der Waals surface area contributed by atoms with Gasteiger partial charge in [0.2, 0.25) is 5.89 Å². The zero-order valence-corrected chi connectivity index (χ0v) is 17.8. The third kappa shape index (κ3) is 3.61. The van der Waals surface area contributed by atoms with Gasteiger partial charge < -0.3 is 8.94 Å². The molecule has 0 spiro atoms. The summed E-state index contributed by atoms with van der Waals surface area (Å²) in [6, 6.07) is 6.78. The van der Waals surface area contributed by atoms with E-state index < -0.39 is 29.0 Å². The van der Waals surface area contributed by atoms with Gasteiger partial charge in [0.1, 0.15) is 17.1 Å². The topological polar surface area (TPSA) is 95.7 Å². The number of hydrogen-bond acceptors (Lipinski definition) is 7. The Morgan fingerprint density at radius 1 is 1.03 bits per heavy atom. The molecule has 0 radical (unpaired) electrons. The molecule has 0 aliphatic rings. The Bertz CT molecular complexity index is 1470. The van der Waals surface area contributed by atoms with Crippen molar-refractivity contribution >= 4 is 11.6 Å². The van der Waals surface area contributed by atoms with Gasteiger partial charge in [0.05, 0.1) is 34.2 Å². The fraction of sp³-hybridized carbons (Fsp3) is 0.0952. The van der Waals surface area contributed by atoms with E-state index in [2.05, 4.69) is 25.4 Å². The van der Waals surface area contributed by atoms with Crippen LogP contribution in [0.25, 0.3) is 39.7 Å². The first-order valence-electron chi connectivity index (χ1n) is 9.56. The van der Waals surface area contributed by atoms with E-state index in [0.29, 0.717) is 4.68 Å². The molecule has 1 aromatic carbocycles. The fourth-order valence-electron chi connectivity index (χ4n) is 3.43. The molecule has 0 atom stereocenters. The zero-order valence-electron chi connectivity index (χ0n) is 17.0. The Hall–Kier alpha value is -4.06. The molecule has 4 heterocycles. The summed E-state index contributed by atoms with van der Waals surface area (Å²) in [5.41, 5.74) is -2.15. The van der Waals surface area contributed by atoms with E-state index in [1.165, 1.54) is 43.6 Å². The number of alkyl halides is 3. The van der Waals surface area contributed by atoms with Crippen molar-refractivity contribution in [1.82, 2.24) is 30.1 Å². The number of aromatic nitrogens is 6. The van der Waals surface area contributed by atoms with Crippen LogP contribution in [-0.2, 0) is 6.18 Å². The van der Waals surface area contributed by atoms with E-state index in [4.69, 9.17) is 20.5 Å². The molecule has 8 nitrogen and oxygen atoms in total. The van der Waals surface area contributed by atoms with Crippen molar-refractivity contribution in [2.75, 3.05) is 0 Å². The van der Waals surface area contributed by atoms with Gasteiger partial charge in [0, 0.05) is 13.1 Å². The lowest BCUT2D eigenvalue weighted by Gasteiger charge is -2.12. The van der Waals surface area contributed by atoms with Gasteiger partial charge in [-0.1, -0.05) is 22.8 Å². The lowest BCUT2D eigenvalue weighted by Crippen LogP contribution is -2.14. The van der Waals surface area contributed by atoms with Gasteiger partial charge in [0.25, 0.3) is 5.89 Å². The van der Waals surface area contributed by atoms with Crippen molar-refractivity contribution in [2.24, 2.45) is 0 Å². The number of benzene rings is 1. The minimum Gasteiger partial charge on any atom is -0.421 e. The molecule has 0 amide bonds. The molecule has 0 aliphatic carbocycles. The van der Waals surface area contributed by atoms with Gasteiger partial charge in [0.15, 0.2) is 11.5 Å². The third-order valence-electron chi connectivity index (χ3n) is 4.80. The van der Waals surface area contributed by atoms with Crippen molar-refractivity contribution in [3.8, 4) is 39.7 Å². The molecule has 0 bridgehead atoms. The smallest absolute Gasteiger partial charge is 0.421 e. The Balaban J connectivity index is 1.82. The Morgan fingerprint density at radius 2 is 1.85 bits per heavy atom. The molecule has 0 saturated heterocycles. The molecule has 172 valence electrons. The number of halogens is 5. The summed E-state index contributed by atoms with van der Waals surface area (Å²) in [4.78, 5) is 3.84. The molecule has 0 saturated carbocycles. The first-order valence-corrected chi connectivity index (χ1v) is 9.94. The van der Waals surface area contributed by atoms with Crippen LogP contribution in [0.3, 0.4) is 0 Å². The predicted octanol–water partition coefficient (Wildman–Crippen LogP) is 5.76. The Kier molecular flexibility index (Phi) is 5.16. The number of nitrogens with zero attached hydrogens (tertiary/aromatic N) is 6.